The third-order valence-corrected chi connectivity index (χ3v) is 6.85. The van der Waals surface area contributed by atoms with Crippen LogP contribution in [0, 0.1) is 13.8 Å². The monoisotopic (exact) mass is 439 g/mol. The van der Waals surface area contributed by atoms with Gasteiger partial charge in [0.25, 0.3) is 5.91 Å². The van der Waals surface area contributed by atoms with Crippen molar-refractivity contribution in [1.82, 2.24) is 9.88 Å². The largest absolute Gasteiger partial charge is 0.485 e. The summed E-state index contributed by atoms with van der Waals surface area (Å²) >= 11 is 1.55. The Morgan fingerprint density at radius 2 is 1.81 bits per heavy atom. The van der Waals surface area contributed by atoms with Gasteiger partial charge >= 0.3 is 0 Å². The number of aryl methyl sites for hydroxylation is 2. The molecule has 0 saturated carbocycles. The van der Waals surface area contributed by atoms with E-state index in [9.17, 15) is 4.79 Å². The zero-order chi connectivity index (χ0) is 22.0. The van der Waals surface area contributed by atoms with E-state index >= 15 is 0 Å². The second-order valence-corrected chi connectivity index (χ2v) is 8.79. The SMILES string of the molecule is CCN(CC)CCN(C(=O)C1COc2ccccc2O1)c1nc2cc(C)c(C)cc2s1. The molecule has 2 aromatic carbocycles. The van der Waals surface area contributed by atoms with Crippen LogP contribution in [-0.4, -0.2) is 54.7 Å². The van der Waals surface area contributed by atoms with Crippen LogP contribution in [0.15, 0.2) is 36.4 Å². The molecule has 1 aliphatic heterocycles. The second-order valence-electron chi connectivity index (χ2n) is 7.78. The van der Waals surface area contributed by atoms with Crippen molar-refractivity contribution in [2.75, 3.05) is 37.7 Å². The Morgan fingerprint density at radius 1 is 1.10 bits per heavy atom. The first-order valence-electron chi connectivity index (χ1n) is 10.8. The zero-order valence-electron chi connectivity index (χ0n) is 18.6. The van der Waals surface area contributed by atoms with Crippen LogP contribution in [0.25, 0.3) is 10.2 Å². The molecule has 0 saturated heterocycles. The molecule has 164 valence electrons. The van der Waals surface area contributed by atoms with Crippen LogP contribution in [0.5, 0.6) is 11.5 Å². The molecule has 1 amide bonds. The van der Waals surface area contributed by atoms with Gasteiger partial charge in [-0.1, -0.05) is 37.3 Å². The van der Waals surface area contributed by atoms with Crippen LogP contribution in [0.3, 0.4) is 0 Å². The van der Waals surface area contributed by atoms with Crippen molar-refractivity contribution in [2.24, 2.45) is 0 Å². The van der Waals surface area contributed by atoms with E-state index in [1.54, 1.807) is 16.2 Å². The molecular formula is C24H29N3O3S. The summed E-state index contributed by atoms with van der Waals surface area (Å²) in [6.07, 6.45) is -0.693. The number of aromatic nitrogens is 1. The maximum Gasteiger partial charge on any atom is 0.273 e. The summed E-state index contributed by atoms with van der Waals surface area (Å²) in [5, 5.41) is 0.708. The molecule has 0 fully saturated rings. The van der Waals surface area contributed by atoms with Gasteiger partial charge in [-0.2, -0.15) is 0 Å². The number of fused-ring (bicyclic) bond motifs is 2. The molecule has 7 heteroatoms. The Hall–Kier alpha value is -2.64. The quantitative estimate of drug-likeness (QED) is 0.545. The summed E-state index contributed by atoms with van der Waals surface area (Å²) in [6, 6.07) is 11.7. The first kappa shape index (κ1) is 21.6. The molecule has 1 aliphatic rings. The van der Waals surface area contributed by atoms with E-state index < -0.39 is 6.10 Å². The Labute approximate surface area is 187 Å². The van der Waals surface area contributed by atoms with Crippen LogP contribution < -0.4 is 14.4 Å². The number of rotatable bonds is 7. The number of nitrogens with zero attached hydrogens (tertiary/aromatic N) is 3. The second kappa shape index (κ2) is 9.24. The van der Waals surface area contributed by atoms with Crippen molar-refractivity contribution in [1.29, 1.82) is 0 Å². The molecule has 1 atom stereocenters. The lowest BCUT2D eigenvalue weighted by atomic mass is 10.1. The number of thiazole rings is 1. The van der Waals surface area contributed by atoms with Crippen molar-refractivity contribution in [3.63, 3.8) is 0 Å². The highest BCUT2D eigenvalue weighted by molar-refractivity contribution is 7.22. The molecule has 0 spiro atoms. The lowest BCUT2D eigenvalue weighted by molar-refractivity contribution is -0.127. The normalized spacial score (nSPS) is 15.5. The highest BCUT2D eigenvalue weighted by atomic mass is 32.1. The summed E-state index contributed by atoms with van der Waals surface area (Å²) < 4.78 is 12.9. The maximum atomic E-state index is 13.6. The smallest absolute Gasteiger partial charge is 0.273 e. The van der Waals surface area contributed by atoms with Crippen LogP contribution in [0.4, 0.5) is 5.13 Å². The molecular weight excluding hydrogens is 410 g/mol. The van der Waals surface area contributed by atoms with Crippen LogP contribution in [0.1, 0.15) is 25.0 Å². The molecule has 6 nitrogen and oxygen atoms in total. The van der Waals surface area contributed by atoms with Gasteiger partial charge in [0.1, 0.15) is 6.61 Å². The predicted molar refractivity (Wildman–Crippen MR) is 126 cm³/mol. The summed E-state index contributed by atoms with van der Waals surface area (Å²) in [4.78, 5) is 22.5. The van der Waals surface area contributed by atoms with Crippen LogP contribution >= 0.6 is 11.3 Å². The van der Waals surface area contributed by atoms with Crippen molar-refractivity contribution >= 4 is 32.6 Å². The average molecular weight is 440 g/mol. The molecule has 0 bridgehead atoms. The number of anilines is 1. The molecule has 3 aromatic rings. The summed E-state index contributed by atoms with van der Waals surface area (Å²) in [6.45, 7) is 11.9. The number of para-hydroxylation sites is 2. The average Bonchev–Trinajstić information content (AvgIpc) is 3.18. The number of carbonyl (C=O) groups is 1. The van der Waals surface area contributed by atoms with Gasteiger partial charge in [0.05, 0.1) is 10.2 Å². The van der Waals surface area contributed by atoms with E-state index in [4.69, 9.17) is 14.5 Å². The number of likely N-dealkylation sites (N-methyl/N-ethyl adjacent to an activating group) is 1. The van der Waals surface area contributed by atoms with E-state index in [-0.39, 0.29) is 12.5 Å². The van der Waals surface area contributed by atoms with Gasteiger partial charge in [0, 0.05) is 13.1 Å². The highest BCUT2D eigenvalue weighted by Crippen LogP contribution is 2.34. The minimum absolute atomic E-state index is 0.117. The molecule has 4 rings (SSSR count). The fourth-order valence-corrected chi connectivity index (χ4v) is 4.76. The molecule has 1 unspecified atom stereocenters. The third kappa shape index (κ3) is 4.52. The van der Waals surface area contributed by atoms with E-state index in [2.05, 4.69) is 44.7 Å². The number of ether oxygens (including phenoxy) is 2. The lowest BCUT2D eigenvalue weighted by Gasteiger charge is -2.30. The number of benzene rings is 2. The topological polar surface area (TPSA) is 54.9 Å². The number of amides is 1. The summed E-state index contributed by atoms with van der Waals surface area (Å²) in [5.41, 5.74) is 3.35. The minimum Gasteiger partial charge on any atom is -0.485 e. The fraction of sp³-hybridized carbons (Fsp3) is 0.417. The summed E-state index contributed by atoms with van der Waals surface area (Å²) in [5.74, 6) is 1.16. The Kier molecular flexibility index (Phi) is 6.43. The van der Waals surface area contributed by atoms with E-state index in [1.807, 2.05) is 24.3 Å². The highest BCUT2D eigenvalue weighted by Gasteiger charge is 2.33. The standard InChI is InChI=1S/C24H29N3O3S/c1-5-26(6-2)11-12-27(24-25-18-13-16(3)17(4)14-22(18)31-24)23(28)21-15-29-19-9-7-8-10-20(19)30-21/h7-10,13-14,21H,5-6,11-12,15H2,1-4H3. The van der Waals surface area contributed by atoms with Gasteiger partial charge in [0.15, 0.2) is 16.6 Å². The van der Waals surface area contributed by atoms with Crippen molar-refractivity contribution in [2.45, 2.75) is 33.8 Å². The predicted octanol–water partition coefficient (Wildman–Crippen LogP) is 4.43. The first-order valence-corrected chi connectivity index (χ1v) is 11.6. The molecule has 31 heavy (non-hydrogen) atoms. The summed E-state index contributed by atoms with van der Waals surface area (Å²) in [7, 11) is 0. The van der Waals surface area contributed by atoms with E-state index in [0.29, 0.717) is 23.2 Å². The van der Waals surface area contributed by atoms with Gasteiger partial charge in [-0.3, -0.25) is 9.69 Å². The molecule has 0 aliphatic carbocycles. The van der Waals surface area contributed by atoms with Gasteiger partial charge < -0.3 is 14.4 Å². The number of hydrogen-bond donors (Lipinski definition) is 0. The Bertz CT molecular complexity index is 1040. The molecule has 2 heterocycles. The number of carbonyl (C=O) groups excluding carboxylic acids is 1. The van der Waals surface area contributed by atoms with E-state index in [0.717, 1.165) is 29.9 Å². The van der Waals surface area contributed by atoms with Gasteiger partial charge in [0.2, 0.25) is 6.10 Å². The molecule has 0 N–H and O–H groups in total. The van der Waals surface area contributed by atoms with Crippen molar-refractivity contribution in [3.05, 3.63) is 47.5 Å². The zero-order valence-corrected chi connectivity index (χ0v) is 19.4. The van der Waals surface area contributed by atoms with Gasteiger partial charge in [-0.25, -0.2) is 4.98 Å². The van der Waals surface area contributed by atoms with Crippen molar-refractivity contribution < 1.29 is 14.3 Å². The Balaban J connectivity index is 1.63. The van der Waals surface area contributed by atoms with Crippen molar-refractivity contribution in [3.8, 4) is 11.5 Å². The Morgan fingerprint density at radius 3 is 2.55 bits per heavy atom. The van der Waals surface area contributed by atoms with Gasteiger partial charge in [-0.15, -0.1) is 0 Å². The maximum absolute atomic E-state index is 13.6. The van der Waals surface area contributed by atoms with Crippen LogP contribution in [-0.2, 0) is 4.79 Å². The molecule has 0 radical (unpaired) electrons. The molecule has 1 aromatic heterocycles. The fourth-order valence-electron chi connectivity index (χ4n) is 3.68. The first-order chi connectivity index (χ1) is 15.0. The van der Waals surface area contributed by atoms with E-state index in [1.165, 1.54) is 11.1 Å². The number of hydrogen-bond acceptors (Lipinski definition) is 6. The third-order valence-electron chi connectivity index (χ3n) is 5.81. The van der Waals surface area contributed by atoms with Crippen LogP contribution in [0.2, 0.25) is 0 Å². The lowest BCUT2D eigenvalue weighted by Crippen LogP contribution is -2.48. The van der Waals surface area contributed by atoms with Gasteiger partial charge in [-0.05, 0) is 62.3 Å². The minimum atomic E-state index is -0.693.